The lowest BCUT2D eigenvalue weighted by Crippen LogP contribution is -2.17. The molecule has 1 aliphatic rings. The van der Waals surface area contributed by atoms with E-state index >= 15 is 0 Å². The van der Waals surface area contributed by atoms with Crippen molar-refractivity contribution in [3.63, 3.8) is 0 Å². The molecule has 0 atom stereocenters. The molecule has 0 saturated heterocycles. The zero-order valence-corrected chi connectivity index (χ0v) is 16.7. The Labute approximate surface area is 169 Å². The van der Waals surface area contributed by atoms with Crippen LogP contribution in [0.5, 0.6) is 0 Å². The average molecular weight is 387 g/mol. The molecular formula is C24H25N3O2. The summed E-state index contributed by atoms with van der Waals surface area (Å²) in [4.78, 5) is 16.6. The van der Waals surface area contributed by atoms with Gasteiger partial charge in [0.1, 0.15) is 6.26 Å². The number of carbonyl (C=O) groups excluding carboxylic acids is 1. The van der Waals surface area contributed by atoms with Crippen LogP contribution in [0.15, 0.2) is 47.2 Å². The normalized spacial score (nSPS) is 13.6. The number of fused-ring (bicyclic) bond motifs is 5. The van der Waals surface area contributed by atoms with E-state index in [1.54, 1.807) is 12.5 Å². The topological polar surface area (TPSA) is 60.1 Å². The fourth-order valence-electron chi connectivity index (χ4n) is 4.56. The first kappa shape index (κ1) is 18.1. The van der Waals surface area contributed by atoms with Crippen molar-refractivity contribution in [1.29, 1.82) is 0 Å². The molecule has 0 aliphatic heterocycles. The molecule has 0 amide bonds. The summed E-state index contributed by atoms with van der Waals surface area (Å²) in [5.41, 5.74) is 5.48. The third-order valence-corrected chi connectivity index (χ3v) is 5.88. The van der Waals surface area contributed by atoms with Crippen molar-refractivity contribution >= 4 is 27.6 Å². The van der Waals surface area contributed by atoms with Gasteiger partial charge in [0.05, 0.1) is 6.20 Å². The lowest BCUT2D eigenvalue weighted by Gasteiger charge is -2.09. The molecule has 1 aliphatic carbocycles. The van der Waals surface area contributed by atoms with Gasteiger partial charge < -0.3 is 14.3 Å². The monoisotopic (exact) mass is 387 g/mol. The van der Waals surface area contributed by atoms with Gasteiger partial charge in [0.2, 0.25) is 5.89 Å². The Morgan fingerprint density at radius 2 is 2.03 bits per heavy atom. The van der Waals surface area contributed by atoms with E-state index < -0.39 is 0 Å². The quantitative estimate of drug-likeness (QED) is 0.455. The van der Waals surface area contributed by atoms with Crippen LogP contribution in [0.1, 0.15) is 42.1 Å². The number of aromatic nitrogens is 2. The Hall–Kier alpha value is -2.92. The number of carbonyl (C=O) groups is 1. The molecule has 5 rings (SSSR count). The minimum Gasteiger partial charge on any atom is -0.445 e. The van der Waals surface area contributed by atoms with Gasteiger partial charge in [-0.2, -0.15) is 0 Å². The van der Waals surface area contributed by atoms with Gasteiger partial charge in [-0.3, -0.25) is 4.79 Å². The maximum Gasteiger partial charge on any atom is 0.225 e. The second-order valence-electron chi connectivity index (χ2n) is 7.73. The summed E-state index contributed by atoms with van der Waals surface area (Å²) in [7, 11) is 0. The van der Waals surface area contributed by atoms with E-state index in [9.17, 15) is 4.79 Å². The molecule has 5 heteroatoms. The van der Waals surface area contributed by atoms with E-state index in [0.29, 0.717) is 12.3 Å². The highest BCUT2D eigenvalue weighted by atomic mass is 16.3. The van der Waals surface area contributed by atoms with Gasteiger partial charge in [0.15, 0.2) is 5.78 Å². The van der Waals surface area contributed by atoms with Gasteiger partial charge in [-0.1, -0.05) is 6.92 Å². The molecule has 0 radical (unpaired) electrons. The van der Waals surface area contributed by atoms with E-state index in [0.717, 1.165) is 50.0 Å². The molecule has 0 spiro atoms. The third-order valence-electron chi connectivity index (χ3n) is 5.88. The maximum absolute atomic E-state index is 12.3. The number of hydrogen-bond acceptors (Lipinski definition) is 4. The van der Waals surface area contributed by atoms with Gasteiger partial charge in [-0.25, -0.2) is 4.98 Å². The SMILES string of the molecule is CCCNCCCn1c2ccc(-c3ncco3)cc2c2c3c(ccc21)C(=O)CC3. The zero-order chi connectivity index (χ0) is 19.8. The Morgan fingerprint density at radius 3 is 2.86 bits per heavy atom. The summed E-state index contributed by atoms with van der Waals surface area (Å²) in [5, 5.41) is 5.89. The smallest absolute Gasteiger partial charge is 0.225 e. The summed E-state index contributed by atoms with van der Waals surface area (Å²) in [6, 6.07) is 10.6. The highest BCUT2D eigenvalue weighted by Crippen LogP contribution is 2.38. The highest BCUT2D eigenvalue weighted by molar-refractivity contribution is 6.15. The zero-order valence-electron chi connectivity index (χ0n) is 16.7. The van der Waals surface area contributed by atoms with Crippen molar-refractivity contribution in [2.45, 2.75) is 39.2 Å². The summed E-state index contributed by atoms with van der Waals surface area (Å²) in [5.74, 6) is 0.885. The predicted octanol–water partition coefficient (Wildman–Crippen LogP) is 4.97. The molecule has 0 unspecified atom stereocenters. The molecule has 1 N–H and O–H groups in total. The van der Waals surface area contributed by atoms with Crippen molar-refractivity contribution in [3.8, 4) is 11.5 Å². The summed E-state index contributed by atoms with van der Waals surface area (Å²) in [6.45, 7) is 5.20. The number of ketones is 1. The summed E-state index contributed by atoms with van der Waals surface area (Å²) < 4.78 is 7.92. The molecule has 0 bridgehead atoms. The van der Waals surface area contributed by atoms with Crippen LogP contribution in [0.3, 0.4) is 0 Å². The highest BCUT2D eigenvalue weighted by Gasteiger charge is 2.25. The van der Waals surface area contributed by atoms with E-state index in [4.69, 9.17) is 4.42 Å². The molecule has 5 nitrogen and oxygen atoms in total. The van der Waals surface area contributed by atoms with Gasteiger partial charge in [0, 0.05) is 45.9 Å². The average Bonchev–Trinajstić information content (AvgIpc) is 3.46. The van der Waals surface area contributed by atoms with Gasteiger partial charge in [-0.15, -0.1) is 0 Å². The number of nitrogens with one attached hydrogen (secondary N) is 1. The van der Waals surface area contributed by atoms with Crippen LogP contribution in [0, 0.1) is 0 Å². The van der Waals surface area contributed by atoms with Crippen molar-refractivity contribution in [2.24, 2.45) is 0 Å². The molecule has 148 valence electrons. The van der Waals surface area contributed by atoms with Crippen LogP contribution in [0.25, 0.3) is 33.3 Å². The molecule has 0 saturated carbocycles. The third kappa shape index (κ3) is 3.06. The van der Waals surface area contributed by atoms with Gasteiger partial charge in [0.25, 0.3) is 0 Å². The molecule has 2 heterocycles. The number of hydrogen-bond donors (Lipinski definition) is 1. The van der Waals surface area contributed by atoms with Crippen LogP contribution < -0.4 is 5.32 Å². The summed E-state index contributed by atoms with van der Waals surface area (Å²) in [6.07, 6.45) is 6.92. The summed E-state index contributed by atoms with van der Waals surface area (Å²) >= 11 is 0. The van der Waals surface area contributed by atoms with Crippen molar-refractivity contribution in [2.75, 3.05) is 13.1 Å². The second-order valence-corrected chi connectivity index (χ2v) is 7.73. The van der Waals surface area contributed by atoms with Crippen molar-refractivity contribution < 1.29 is 9.21 Å². The number of Topliss-reactive ketones (excluding diaryl/α,β-unsaturated/α-hetero) is 1. The van der Waals surface area contributed by atoms with Crippen molar-refractivity contribution in [3.05, 3.63) is 53.9 Å². The predicted molar refractivity (Wildman–Crippen MR) is 115 cm³/mol. The Kier molecular flexibility index (Phi) is 4.68. The van der Waals surface area contributed by atoms with Gasteiger partial charge in [-0.05, 0) is 68.2 Å². The largest absolute Gasteiger partial charge is 0.445 e. The van der Waals surface area contributed by atoms with Crippen LogP contribution in [0.4, 0.5) is 0 Å². The van der Waals surface area contributed by atoms with E-state index in [2.05, 4.69) is 46.1 Å². The van der Waals surface area contributed by atoms with E-state index in [-0.39, 0.29) is 5.78 Å². The Balaban J connectivity index is 1.66. The molecule has 29 heavy (non-hydrogen) atoms. The number of oxazole rings is 1. The number of nitrogens with zero attached hydrogens (tertiary/aromatic N) is 2. The molecule has 2 aromatic carbocycles. The van der Waals surface area contributed by atoms with Crippen LogP contribution >= 0.6 is 0 Å². The standard InChI is InChI=1S/C24H25N3O2/c1-2-10-25-11-3-13-27-20-7-4-16(24-26-12-14-29-24)15-19(20)23-18-6-9-22(28)17(18)5-8-21(23)27/h4-5,7-8,12,14-15,25H,2-3,6,9-11,13H2,1H3. The minimum absolute atomic E-state index is 0.260. The van der Waals surface area contributed by atoms with Crippen molar-refractivity contribution in [1.82, 2.24) is 14.9 Å². The lowest BCUT2D eigenvalue weighted by molar-refractivity contribution is 0.0994. The fraction of sp³-hybridized carbons (Fsp3) is 0.333. The first-order valence-corrected chi connectivity index (χ1v) is 10.5. The van der Waals surface area contributed by atoms with Gasteiger partial charge >= 0.3 is 0 Å². The first-order chi connectivity index (χ1) is 14.3. The van der Waals surface area contributed by atoms with E-state index in [1.165, 1.54) is 27.4 Å². The Bertz CT molecular complexity index is 1190. The molecule has 2 aromatic heterocycles. The van der Waals surface area contributed by atoms with Crippen LogP contribution in [-0.4, -0.2) is 28.4 Å². The molecule has 4 aromatic rings. The first-order valence-electron chi connectivity index (χ1n) is 10.5. The van der Waals surface area contributed by atoms with Crippen LogP contribution in [0.2, 0.25) is 0 Å². The maximum atomic E-state index is 12.3. The number of aryl methyl sites for hydroxylation is 2. The number of rotatable bonds is 7. The minimum atomic E-state index is 0.260. The molecule has 0 fully saturated rings. The second kappa shape index (κ2) is 7.48. The van der Waals surface area contributed by atoms with Crippen LogP contribution in [-0.2, 0) is 13.0 Å². The number of benzene rings is 2. The van der Waals surface area contributed by atoms with E-state index in [1.807, 2.05) is 6.07 Å². The Morgan fingerprint density at radius 1 is 1.14 bits per heavy atom. The lowest BCUT2D eigenvalue weighted by atomic mass is 10.0. The fourth-order valence-corrected chi connectivity index (χ4v) is 4.56. The molecular weight excluding hydrogens is 362 g/mol.